The summed E-state index contributed by atoms with van der Waals surface area (Å²) in [6, 6.07) is 1.83. The maximum atomic E-state index is 12.5. The van der Waals surface area contributed by atoms with Gasteiger partial charge in [-0.3, -0.25) is 9.52 Å². The summed E-state index contributed by atoms with van der Waals surface area (Å²) >= 11 is 1.66. The van der Waals surface area contributed by atoms with E-state index in [-0.39, 0.29) is 12.1 Å². The van der Waals surface area contributed by atoms with Crippen LogP contribution in [0, 0.1) is 0 Å². The van der Waals surface area contributed by atoms with Crippen LogP contribution in [0.3, 0.4) is 0 Å². The Balaban J connectivity index is 1.81. The predicted molar refractivity (Wildman–Crippen MR) is 89.2 cm³/mol. The lowest BCUT2D eigenvalue weighted by atomic mass is 9.70. The van der Waals surface area contributed by atoms with Crippen molar-refractivity contribution in [1.29, 1.82) is 0 Å². The molecule has 0 bridgehead atoms. The second-order valence-corrected chi connectivity index (χ2v) is 7.30. The highest BCUT2D eigenvalue weighted by Crippen LogP contribution is 2.41. The minimum atomic E-state index is -0.687. The van der Waals surface area contributed by atoms with Crippen molar-refractivity contribution in [2.75, 3.05) is 18.9 Å². The van der Waals surface area contributed by atoms with Gasteiger partial charge in [0.15, 0.2) is 0 Å². The highest BCUT2D eigenvalue weighted by Gasteiger charge is 2.46. The molecular formula is C16H23N3O3S. The zero-order valence-electron chi connectivity index (χ0n) is 13.6. The van der Waals surface area contributed by atoms with Crippen molar-refractivity contribution in [3.8, 4) is 0 Å². The van der Waals surface area contributed by atoms with Crippen molar-refractivity contribution in [1.82, 2.24) is 9.97 Å². The van der Waals surface area contributed by atoms with Gasteiger partial charge in [-0.15, -0.1) is 0 Å². The van der Waals surface area contributed by atoms with Crippen molar-refractivity contribution in [2.45, 2.75) is 55.3 Å². The summed E-state index contributed by atoms with van der Waals surface area (Å²) in [6.07, 6.45) is 7.42. The van der Waals surface area contributed by atoms with E-state index in [0.29, 0.717) is 24.0 Å². The molecule has 1 heterocycles. The molecule has 2 aliphatic carbocycles. The molecular weight excluding hydrogens is 314 g/mol. The molecule has 1 N–H and O–H groups in total. The van der Waals surface area contributed by atoms with E-state index >= 15 is 0 Å². The molecule has 0 atom stereocenters. The zero-order valence-corrected chi connectivity index (χ0v) is 14.4. The monoisotopic (exact) mass is 337 g/mol. The number of rotatable bonds is 6. The molecule has 2 saturated carbocycles. The Morgan fingerprint density at radius 1 is 1.30 bits per heavy atom. The Morgan fingerprint density at radius 3 is 2.65 bits per heavy atom. The lowest BCUT2D eigenvalue weighted by molar-refractivity contribution is -0.150. The first-order chi connectivity index (χ1) is 11.2. The Morgan fingerprint density at radius 2 is 2.04 bits per heavy atom. The van der Waals surface area contributed by atoms with Crippen LogP contribution in [0.1, 0.15) is 44.2 Å². The SMILES string of the molecule is COC(=O)C1(c2ccnc(NSC3CC3)n2)CCC(OC)CC1. The van der Waals surface area contributed by atoms with Gasteiger partial charge in [0.05, 0.1) is 18.9 Å². The Kier molecular flexibility index (Phi) is 5.06. The molecule has 2 fully saturated rings. The number of anilines is 1. The molecule has 0 unspecified atom stereocenters. The Hall–Kier alpha value is -1.34. The maximum Gasteiger partial charge on any atom is 0.317 e. The lowest BCUT2D eigenvalue weighted by Crippen LogP contribution is -2.42. The van der Waals surface area contributed by atoms with Gasteiger partial charge in [-0.05, 0) is 56.5 Å². The van der Waals surface area contributed by atoms with Gasteiger partial charge in [0.25, 0.3) is 0 Å². The van der Waals surface area contributed by atoms with E-state index < -0.39 is 5.41 Å². The second kappa shape index (κ2) is 7.05. The summed E-state index contributed by atoms with van der Waals surface area (Å²) in [4.78, 5) is 21.4. The average Bonchev–Trinajstić information content (AvgIpc) is 3.44. The highest BCUT2D eigenvalue weighted by atomic mass is 32.2. The fourth-order valence-corrected chi connectivity index (χ4v) is 3.82. The van der Waals surface area contributed by atoms with Crippen molar-refractivity contribution in [2.24, 2.45) is 0 Å². The smallest absolute Gasteiger partial charge is 0.317 e. The topological polar surface area (TPSA) is 73.3 Å². The van der Waals surface area contributed by atoms with Gasteiger partial charge >= 0.3 is 5.97 Å². The van der Waals surface area contributed by atoms with E-state index in [4.69, 9.17) is 9.47 Å². The summed E-state index contributed by atoms with van der Waals surface area (Å²) in [5, 5.41) is 0.661. The van der Waals surface area contributed by atoms with E-state index in [9.17, 15) is 4.79 Å². The molecule has 1 aromatic rings. The quantitative estimate of drug-likeness (QED) is 0.632. The molecule has 0 aliphatic heterocycles. The molecule has 7 heteroatoms. The van der Waals surface area contributed by atoms with Crippen molar-refractivity contribution >= 4 is 23.9 Å². The third-order valence-electron chi connectivity index (χ3n) is 4.68. The number of ether oxygens (including phenoxy) is 2. The molecule has 0 spiro atoms. The van der Waals surface area contributed by atoms with Crippen molar-refractivity contribution in [3.05, 3.63) is 18.0 Å². The Bertz CT molecular complexity index is 557. The van der Waals surface area contributed by atoms with Gasteiger partial charge in [-0.2, -0.15) is 0 Å². The van der Waals surface area contributed by atoms with E-state index in [1.807, 2.05) is 6.07 Å². The van der Waals surface area contributed by atoms with Gasteiger partial charge in [0.1, 0.15) is 5.41 Å². The second-order valence-electron chi connectivity index (χ2n) is 6.19. The summed E-state index contributed by atoms with van der Waals surface area (Å²) < 4.78 is 13.7. The van der Waals surface area contributed by atoms with Gasteiger partial charge in [0, 0.05) is 18.6 Å². The summed E-state index contributed by atoms with van der Waals surface area (Å²) in [6.45, 7) is 0. The molecule has 0 amide bonds. The fraction of sp³-hybridized carbons (Fsp3) is 0.688. The molecule has 0 radical (unpaired) electrons. The predicted octanol–water partition coefficient (Wildman–Crippen LogP) is 2.70. The normalized spacial score (nSPS) is 27.5. The van der Waals surface area contributed by atoms with E-state index in [1.165, 1.54) is 20.0 Å². The van der Waals surface area contributed by atoms with E-state index in [1.54, 1.807) is 25.3 Å². The summed E-state index contributed by atoms with van der Waals surface area (Å²) in [5.41, 5.74) is 0.0562. The minimum absolute atomic E-state index is 0.206. The number of nitrogens with one attached hydrogen (secondary N) is 1. The number of carbonyl (C=O) groups is 1. The number of aromatic nitrogens is 2. The largest absolute Gasteiger partial charge is 0.468 e. The molecule has 0 aromatic carbocycles. The summed E-state index contributed by atoms with van der Waals surface area (Å²) in [5.74, 6) is 0.350. The zero-order chi connectivity index (χ0) is 16.3. The summed E-state index contributed by atoms with van der Waals surface area (Å²) in [7, 11) is 3.16. The van der Waals surface area contributed by atoms with Crippen LogP contribution in [0.25, 0.3) is 0 Å². The first-order valence-corrected chi connectivity index (χ1v) is 8.92. The van der Waals surface area contributed by atoms with E-state index in [2.05, 4.69) is 14.7 Å². The van der Waals surface area contributed by atoms with Gasteiger partial charge in [0.2, 0.25) is 5.95 Å². The molecule has 23 heavy (non-hydrogen) atoms. The van der Waals surface area contributed by atoms with Crippen LogP contribution >= 0.6 is 11.9 Å². The highest BCUT2D eigenvalue weighted by molar-refractivity contribution is 8.01. The van der Waals surface area contributed by atoms with Gasteiger partial charge in [-0.25, -0.2) is 9.97 Å². The van der Waals surface area contributed by atoms with E-state index in [0.717, 1.165) is 18.5 Å². The average molecular weight is 337 g/mol. The molecule has 3 rings (SSSR count). The minimum Gasteiger partial charge on any atom is -0.468 e. The van der Waals surface area contributed by atoms with Crippen molar-refractivity contribution in [3.63, 3.8) is 0 Å². The van der Waals surface area contributed by atoms with Crippen LogP contribution in [0.2, 0.25) is 0 Å². The van der Waals surface area contributed by atoms with Gasteiger partial charge in [-0.1, -0.05) is 0 Å². The van der Waals surface area contributed by atoms with Crippen LogP contribution in [0.5, 0.6) is 0 Å². The van der Waals surface area contributed by atoms with Crippen LogP contribution in [-0.4, -0.2) is 41.5 Å². The number of carbonyl (C=O) groups excluding carboxylic acids is 1. The van der Waals surface area contributed by atoms with Crippen LogP contribution in [0.15, 0.2) is 12.3 Å². The van der Waals surface area contributed by atoms with Crippen LogP contribution < -0.4 is 4.72 Å². The number of hydrogen-bond acceptors (Lipinski definition) is 7. The first kappa shape index (κ1) is 16.5. The standard InChI is InChI=1S/C16H23N3O3S/c1-21-11-5-8-16(9-6-11,14(20)22-2)13-7-10-17-15(18-13)19-23-12-3-4-12/h7,10-12H,3-6,8-9H2,1-2H3,(H,17,18,19). The molecule has 1 aromatic heterocycles. The third-order valence-corrected chi connectivity index (χ3v) is 5.79. The fourth-order valence-electron chi connectivity index (χ4n) is 3.08. The lowest BCUT2D eigenvalue weighted by Gasteiger charge is -2.36. The molecule has 126 valence electrons. The number of nitrogens with zero attached hydrogens (tertiary/aromatic N) is 2. The van der Waals surface area contributed by atoms with Gasteiger partial charge < -0.3 is 9.47 Å². The number of hydrogen-bond donors (Lipinski definition) is 1. The molecule has 0 saturated heterocycles. The molecule has 2 aliphatic rings. The van der Waals surface area contributed by atoms with Crippen LogP contribution in [0.4, 0.5) is 5.95 Å². The Labute approximate surface area is 140 Å². The third kappa shape index (κ3) is 3.61. The maximum absolute atomic E-state index is 12.5. The number of methoxy groups -OCH3 is 2. The van der Waals surface area contributed by atoms with Crippen molar-refractivity contribution < 1.29 is 14.3 Å². The first-order valence-electron chi connectivity index (χ1n) is 8.04. The number of esters is 1. The molecule has 6 nitrogen and oxygen atoms in total. The van der Waals surface area contributed by atoms with Crippen LogP contribution in [-0.2, 0) is 19.7 Å².